The molecule has 2 rings (SSSR count). The van der Waals surface area contributed by atoms with E-state index in [0.717, 1.165) is 17.8 Å². The highest BCUT2D eigenvalue weighted by molar-refractivity contribution is 5.42. The van der Waals surface area contributed by atoms with Gasteiger partial charge < -0.3 is 20.1 Å². The number of phenolic OH excluding ortho intramolecular Hbond substituents is 1. The lowest BCUT2D eigenvalue weighted by Crippen LogP contribution is -2.25. The van der Waals surface area contributed by atoms with Crippen molar-refractivity contribution in [2.75, 3.05) is 7.11 Å². The maximum Gasteiger partial charge on any atom is 0.160 e. The van der Waals surface area contributed by atoms with Crippen molar-refractivity contribution in [3.8, 4) is 11.5 Å². The minimum Gasteiger partial charge on any atom is -0.504 e. The number of benzene rings is 1. The van der Waals surface area contributed by atoms with Gasteiger partial charge in [-0.25, -0.2) is 4.98 Å². The second-order valence-corrected chi connectivity index (χ2v) is 4.75. The minimum atomic E-state index is 0.125. The second kappa shape index (κ2) is 6.43. The Morgan fingerprint density at radius 1 is 1.45 bits per heavy atom. The van der Waals surface area contributed by atoms with Gasteiger partial charge in [-0.15, -0.1) is 0 Å². The van der Waals surface area contributed by atoms with Crippen molar-refractivity contribution < 1.29 is 9.84 Å². The number of imidazole rings is 1. The third-order valence-electron chi connectivity index (χ3n) is 3.41. The Labute approximate surface area is 119 Å². The van der Waals surface area contributed by atoms with E-state index in [1.807, 2.05) is 18.3 Å². The number of aromatic hydroxyl groups is 1. The molecule has 0 bridgehead atoms. The van der Waals surface area contributed by atoms with Crippen LogP contribution in [0, 0.1) is 0 Å². The number of phenols is 1. The van der Waals surface area contributed by atoms with E-state index in [2.05, 4.69) is 29.1 Å². The van der Waals surface area contributed by atoms with Gasteiger partial charge in [0.2, 0.25) is 0 Å². The lowest BCUT2D eigenvalue weighted by Gasteiger charge is -2.21. The first-order valence-corrected chi connectivity index (χ1v) is 6.78. The molecule has 0 amide bonds. The topological polar surface area (TPSA) is 70.2 Å². The van der Waals surface area contributed by atoms with Crippen molar-refractivity contribution in [1.29, 1.82) is 0 Å². The number of rotatable bonds is 6. The second-order valence-electron chi connectivity index (χ2n) is 4.75. The van der Waals surface area contributed by atoms with E-state index in [4.69, 9.17) is 4.74 Å². The van der Waals surface area contributed by atoms with E-state index < -0.39 is 0 Å². The van der Waals surface area contributed by atoms with E-state index in [-0.39, 0.29) is 17.8 Å². The monoisotopic (exact) mass is 275 g/mol. The van der Waals surface area contributed by atoms with E-state index in [9.17, 15) is 5.11 Å². The van der Waals surface area contributed by atoms with Gasteiger partial charge in [-0.3, -0.25) is 0 Å². The molecular weight excluding hydrogens is 254 g/mol. The number of aromatic nitrogens is 2. The average molecular weight is 275 g/mol. The molecule has 2 atom stereocenters. The van der Waals surface area contributed by atoms with Gasteiger partial charge in [-0.1, -0.05) is 13.0 Å². The fraction of sp³-hybridized carbons (Fsp3) is 0.400. The number of nitrogens with one attached hydrogen (secondary N) is 2. The maximum atomic E-state index is 9.63. The first-order chi connectivity index (χ1) is 9.65. The summed E-state index contributed by atoms with van der Waals surface area (Å²) in [6.07, 6.45) is 4.52. The maximum absolute atomic E-state index is 9.63. The fourth-order valence-electron chi connectivity index (χ4n) is 2.22. The Morgan fingerprint density at radius 3 is 2.85 bits per heavy atom. The molecule has 1 aromatic carbocycles. The summed E-state index contributed by atoms with van der Waals surface area (Å²) in [6.45, 7) is 4.20. The molecular formula is C15H21N3O2. The van der Waals surface area contributed by atoms with Crippen molar-refractivity contribution in [3.63, 3.8) is 0 Å². The smallest absolute Gasteiger partial charge is 0.160 e. The molecule has 2 aromatic rings. The van der Waals surface area contributed by atoms with Crippen molar-refractivity contribution in [2.45, 2.75) is 32.4 Å². The zero-order valence-corrected chi connectivity index (χ0v) is 12.1. The summed E-state index contributed by atoms with van der Waals surface area (Å²) >= 11 is 0. The van der Waals surface area contributed by atoms with Crippen LogP contribution in [0.5, 0.6) is 11.5 Å². The van der Waals surface area contributed by atoms with Crippen LogP contribution in [0.1, 0.15) is 43.7 Å². The Hall–Kier alpha value is -2.01. The molecule has 5 heteroatoms. The third kappa shape index (κ3) is 3.11. The number of ether oxygens (including phenoxy) is 1. The molecule has 0 radical (unpaired) electrons. The highest BCUT2D eigenvalue weighted by atomic mass is 16.5. The molecule has 0 saturated carbocycles. The van der Waals surface area contributed by atoms with Gasteiger partial charge >= 0.3 is 0 Å². The van der Waals surface area contributed by atoms with Crippen LogP contribution in [0.4, 0.5) is 0 Å². The molecule has 5 nitrogen and oxygen atoms in total. The molecule has 0 spiro atoms. The molecule has 0 fully saturated rings. The number of methoxy groups -OCH3 is 1. The minimum absolute atomic E-state index is 0.125. The van der Waals surface area contributed by atoms with Crippen LogP contribution in [0.2, 0.25) is 0 Å². The summed E-state index contributed by atoms with van der Waals surface area (Å²) in [5, 5.41) is 13.2. The number of H-pyrrole nitrogens is 1. The number of nitrogens with zero attached hydrogens (tertiary/aromatic N) is 1. The van der Waals surface area contributed by atoms with Crippen LogP contribution >= 0.6 is 0 Å². The van der Waals surface area contributed by atoms with Crippen LogP contribution in [-0.2, 0) is 0 Å². The van der Waals surface area contributed by atoms with Gasteiger partial charge in [-0.2, -0.15) is 0 Å². The quantitative estimate of drug-likeness (QED) is 0.758. The SMILES string of the molecule is CCC(NC(C)c1ccc(O)c(OC)c1)c1ncc[nH]1. The molecule has 0 aliphatic carbocycles. The summed E-state index contributed by atoms with van der Waals surface area (Å²) in [5.41, 5.74) is 1.06. The highest BCUT2D eigenvalue weighted by Gasteiger charge is 2.16. The molecule has 0 aliphatic heterocycles. The average Bonchev–Trinajstić information content (AvgIpc) is 2.99. The van der Waals surface area contributed by atoms with Crippen LogP contribution in [0.25, 0.3) is 0 Å². The summed E-state index contributed by atoms with van der Waals surface area (Å²) < 4.78 is 5.14. The lowest BCUT2D eigenvalue weighted by atomic mass is 10.1. The summed E-state index contributed by atoms with van der Waals surface area (Å²) in [5.74, 6) is 1.58. The Morgan fingerprint density at radius 2 is 2.25 bits per heavy atom. The molecule has 20 heavy (non-hydrogen) atoms. The predicted molar refractivity (Wildman–Crippen MR) is 77.8 cm³/mol. The summed E-state index contributed by atoms with van der Waals surface area (Å²) in [6, 6.07) is 5.69. The van der Waals surface area contributed by atoms with Crippen LogP contribution < -0.4 is 10.1 Å². The largest absolute Gasteiger partial charge is 0.504 e. The molecule has 0 saturated heterocycles. The summed E-state index contributed by atoms with van der Waals surface area (Å²) in [7, 11) is 1.55. The highest BCUT2D eigenvalue weighted by Crippen LogP contribution is 2.29. The van der Waals surface area contributed by atoms with Gasteiger partial charge in [-0.05, 0) is 31.0 Å². The first kappa shape index (κ1) is 14.4. The normalized spacial score (nSPS) is 13.9. The van der Waals surface area contributed by atoms with Crippen LogP contribution in [0.15, 0.2) is 30.6 Å². The van der Waals surface area contributed by atoms with Crippen molar-refractivity contribution >= 4 is 0 Å². The van der Waals surface area contributed by atoms with E-state index >= 15 is 0 Å². The van der Waals surface area contributed by atoms with Gasteiger partial charge in [0.05, 0.1) is 13.2 Å². The van der Waals surface area contributed by atoms with E-state index in [1.54, 1.807) is 19.4 Å². The first-order valence-electron chi connectivity index (χ1n) is 6.78. The Balaban J connectivity index is 2.13. The molecule has 2 unspecified atom stereocenters. The fourth-order valence-corrected chi connectivity index (χ4v) is 2.22. The van der Waals surface area contributed by atoms with Crippen molar-refractivity contribution in [3.05, 3.63) is 42.0 Å². The summed E-state index contributed by atoms with van der Waals surface area (Å²) in [4.78, 5) is 7.44. The van der Waals surface area contributed by atoms with Crippen molar-refractivity contribution in [1.82, 2.24) is 15.3 Å². The zero-order chi connectivity index (χ0) is 14.5. The third-order valence-corrected chi connectivity index (χ3v) is 3.41. The van der Waals surface area contributed by atoms with Gasteiger partial charge in [0, 0.05) is 18.4 Å². The number of hydrogen-bond donors (Lipinski definition) is 3. The Bertz CT molecular complexity index is 540. The van der Waals surface area contributed by atoms with Crippen LogP contribution in [-0.4, -0.2) is 22.2 Å². The molecule has 3 N–H and O–H groups in total. The molecule has 1 aromatic heterocycles. The van der Waals surface area contributed by atoms with Crippen molar-refractivity contribution in [2.24, 2.45) is 0 Å². The predicted octanol–water partition coefficient (Wildman–Crippen LogP) is 2.93. The Kier molecular flexibility index (Phi) is 4.63. The number of aromatic amines is 1. The van der Waals surface area contributed by atoms with E-state index in [1.165, 1.54) is 0 Å². The van der Waals surface area contributed by atoms with Gasteiger partial charge in [0.15, 0.2) is 11.5 Å². The number of hydrogen-bond acceptors (Lipinski definition) is 4. The van der Waals surface area contributed by atoms with Gasteiger partial charge in [0.25, 0.3) is 0 Å². The van der Waals surface area contributed by atoms with Gasteiger partial charge in [0.1, 0.15) is 5.82 Å². The van der Waals surface area contributed by atoms with E-state index in [0.29, 0.717) is 5.75 Å². The zero-order valence-electron chi connectivity index (χ0n) is 12.1. The standard InChI is InChI=1S/C15H21N3O2/c1-4-12(15-16-7-8-17-15)18-10(2)11-5-6-13(19)14(9-11)20-3/h5-10,12,18-19H,4H2,1-3H3,(H,16,17). The van der Waals surface area contributed by atoms with Crippen LogP contribution in [0.3, 0.4) is 0 Å². The molecule has 1 heterocycles. The lowest BCUT2D eigenvalue weighted by molar-refractivity contribution is 0.371. The molecule has 108 valence electrons. The molecule has 0 aliphatic rings.